The van der Waals surface area contributed by atoms with Gasteiger partial charge in [0.15, 0.2) is 0 Å². The van der Waals surface area contributed by atoms with Gasteiger partial charge in [-0.15, -0.1) is 22.7 Å². The van der Waals surface area contributed by atoms with Gasteiger partial charge >= 0.3 is 0 Å². The van der Waals surface area contributed by atoms with E-state index in [-0.39, 0.29) is 11.8 Å². The van der Waals surface area contributed by atoms with Crippen LogP contribution in [0, 0.1) is 0 Å². The Labute approximate surface area is 339 Å². The first kappa shape index (κ1) is 43.1. The van der Waals surface area contributed by atoms with E-state index >= 15 is 0 Å². The maximum atomic E-state index is 14.8. The van der Waals surface area contributed by atoms with Crippen LogP contribution in [0.15, 0.2) is 30.9 Å². The van der Waals surface area contributed by atoms with Crippen molar-refractivity contribution in [2.24, 2.45) is 0 Å². The van der Waals surface area contributed by atoms with E-state index in [2.05, 4.69) is 59.6 Å². The summed E-state index contributed by atoms with van der Waals surface area (Å²) in [4.78, 5) is 35.1. The third-order valence-electron chi connectivity index (χ3n) is 9.94. The van der Waals surface area contributed by atoms with Crippen molar-refractivity contribution in [3.05, 3.63) is 40.6 Å². The summed E-state index contributed by atoms with van der Waals surface area (Å²) < 4.78 is 14.3. The average molecular weight is 883 g/mol. The summed E-state index contributed by atoms with van der Waals surface area (Å²) in [6, 6.07) is 4.08. The minimum atomic E-state index is -0.0644. The highest BCUT2D eigenvalue weighted by atomic mass is 79.9. The Balaban J connectivity index is 1.72. The van der Waals surface area contributed by atoms with Crippen molar-refractivity contribution in [1.82, 2.24) is 9.80 Å². The van der Waals surface area contributed by atoms with Gasteiger partial charge in [0.05, 0.1) is 45.5 Å². The van der Waals surface area contributed by atoms with Gasteiger partial charge in [-0.1, -0.05) is 130 Å². The molecular weight excluding hydrogens is 820 g/mol. The second-order valence-corrected chi connectivity index (χ2v) is 19.0. The lowest BCUT2D eigenvalue weighted by molar-refractivity contribution is -0.124. The highest BCUT2D eigenvalue weighted by Gasteiger charge is 2.49. The minimum absolute atomic E-state index is 0.0644. The summed E-state index contributed by atoms with van der Waals surface area (Å²) >= 11 is 10.6. The summed E-state index contributed by atoms with van der Waals surface area (Å²) in [7, 11) is 0. The summed E-state index contributed by atoms with van der Waals surface area (Å²) in [6.07, 6.45) is 22.6. The Kier molecular flexibility index (Phi) is 19.3. The Bertz CT molecular complexity index is 1390. The molecule has 0 atom stereocenters. The van der Waals surface area contributed by atoms with Crippen LogP contribution in [0.1, 0.15) is 166 Å². The smallest absolute Gasteiger partial charge is 0.261 e. The zero-order chi connectivity index (χ0) is 37.3. The van der Waals surface area contributed by atoms with Gasteiger partial charge < -0.3 is 19.3 Å². The van der Waals surface area contributed by atoms with Gasteiger partial charge in [-0.2, -0.15) is 0 Å². The number of nitrogens with zero attached hydrogens (tertiary/aromatic N) is 2. The number of unbranched alkanes of at least 4 members (excludes halogenated alkanes) is 16. The van der Waals surface area contributed by atoms with Crippen LogP contribution in [0.25, 0.3) is 11.4 Å². The number of rotatable bonds is 28. The molecule has 0 unspecified atom stereocenters. The molecule has 0 radical (unpaired) electrons. The van der Waals surface area contributed by atoms with Gasteiger partial charge in [0.25, 0.3) is 11.8 Å². The largest absolute Gasteiger partial charge is 0.491 e. The molecule has 290 valence electrons. The van der Waals surface area contributed by atoms with E-state index in [0.29, 0.717) is 37.4 Å². The maximum Gasteiger partial charge on any atom is 0.261 e. The summed E-state index contributed by atoms with van der Waals surface area (Å²) in [6.45, 7) is 11.4. The number of thiophene rings is 2. The number of hydrogen-bond donors (Lipinski definition) is 0. The molecule has 10 heteroatoms. The molecular formula is C42H62Br2N2O4S2. The quantitative estimate of drug-likeness (QED) is 0.0799. The summed E-state index contributed by atoms with van der Waals surface area (Å²) in [5, 5.41) is 0. The van der Waals surface area contributed by atoms with Gasteiger partial charge in [0, 0.05) is 25.2 Å². The molecule has 52 heavy (non-hydrogen) atoms. The van der Waals surface area contributed by atoms with E-state index in [1.165, 1.54) is 64.2 Å². The molecule has 0 bridgehead atoms. The number of carbonyl (C=O) groups excluding carboxylic acids is 2. The van der Waals surface area contributed by atoms with E-state index in [4.69, 9.17) is 9.47 Å². The van der Waals surface area contributed by atoms with Crippen molar-refractivity contribution in [1.29, 1.82) is 0 Å². The van der Waals surface area contributed by atoms with Crippen molar-refractivity contribution in [2.75, 3.05) is 26.3 Å². The fourth-order valence-electron chi connectivity index (χ4n) is 6.99. The predicted molar refractivity (Wildman–Crippen MR) is 227 cm³/mol. The highest BCUT2D eigenvalue weighted by Crippen LogP contribution is 2.52. The third-order valence-corrected chi connectivity index (χ3v) is 13.5. The monoisotopic (exact) mass is 880 g/mol. The fraction of sp³-hybridized carbons (Fsp3) is 0.667. The Morgan fingerprint density at radius 2 is 0.827 bits per heavy atom. The van der Waals surface area contributed by atoms with E-state index in [1.807, 2.05) is 21.9 Å². The number of ether oxygens (including phenoxy) is 2. The number of amides is 2. The van der Waals surface area contributed by atoms with Crippen molar-refractivity contribution < 1.29 is 19.1 Å². The van der Waals surface area contributed by atoms with Crippen LogP contribution >= 0.6 is 54.5 Å². The van der Waals surface area contributed by atoms with Crippen molar-refractivity contribution in [3.63, 3.8) is 0 Å². The van der Waals surface area contributed by atoms with Crippen LogP contribution in [0.5, 0.6) is 11.5 Å². The molecule has 0 spiro atoms. The van der Waals surface area contributed by atoms with Crippen molar-refractivity contribution in [3.8, 4) is 11.5 Å². The van der Waals surface area contributed by atoms with E-state index in [9.17, 15) is 9.59 Å². The van der Waals surface area contributed by atoms with Gasteiger partial charge in [0.1, 0.15) is 19.1 Å². The first-order chi connectivity index (χ1) is 25.4. The van der Waals surface area contributed by atoms with Gasteiger partial charge in [0.2, 0.25) is 0 Å². The lowest BCUT2D eigenvalue weighted by Gasteiger charge is -2.24. The van der Waals surface area contributed by atoms with Crippen LogP contribution in [-0.4, -0.2) is 47.9 Å². The minimum Gasteiger partial charge on any atom is -0.491 e. The number of fused-ring (bicyclic) bond motifs is 1. The fourth-order valence-corrected chi connectivity index (χ4v) is 10.3. The number of hydrogen-bond acceptors (Lipinski definition) is 6. The van der Waals surface area contributed by atoms with Gasteiger partial charge in [-0.3, -0.25) is 9.59 Å². The molecule has 0 saturated heterocycles. The van der Waals surface area contributed by atoms with Crippen molar-refractivity contribution in [2.45, 2.75) is 156 Å². The first-order valence-electron chi connectivity index (χ1n) is 20.3. The topological polar surface area (TPSA) is 59.1 Å². The molecule has 0 fully saturated rings. The predicted octanol–water partition coefficient (Wildman–Crippen LogP) is 13.8. The lowest BCUT2D eigenvalue weighted by Crippen LogP contribution is -2.30. The number of halogens is 2. The molecule has 0 aliphatic carbocycles. The zero-order valence-electron chi connectivity index (χ0n) is 32.2. The average Bonchev–Trinajstić information content (AvgIpc) is 3.85. The highest BCUT2D eigenvalue weighted by molar-refractivity contribution is 9.11. The van der Waals surface area contributed by atoms with Crippen LogP contribution in [-0.2, 0) is 9.59 Å². The molecule has 0 saturated carbocycles. The van der Waals surface area contributed by atoms with Crippen LogP contribution in [0.4, 0.5) is 0 Å². The molecule has 2 amide bonds. The van der Waals surface area contributed by atoms with E-state index in [0.717, 1.165) is 104 Å². The van der Waals surface area contributed by atoms with Crippen molar-refractivity contribution >= 4 is 77.7 Å². The van der Waals surface area contributed by atoms with E-state index < -0.39 is 0 Å². The molecule has 2 aliphatic rings. The molecule has 0 N–H and O–H groups in total. The second kappa shape index (κ2) is 23.3. The van der Waals surface area contributed by atoms with Crippen LogP contribution in [0.3, 0.4) is 0 Å². The van der Waals surface area contributed by atoms with Gasteiger partial charge in [-0.25, -0.2) is 0 Å². The lowest BCUT2D eigenvalue weighted by atomic mass is 10.1. The third kappa shape index (κ3) is 11.7. The zero-order valence-corrected chi connectivity index (χ0v) is 37.0. The van der Waals surface area contributed by atoms with Crippen LogP contribution < -0.4 is 9.47 Å². The molecule has 2 aromatic rings. The maximum absolute atomic E-state index is 14.8. The normalized spacial score (nSPS) is 14.5. The molecule has 2 aromatic heterocycles. The molecule has 2 aliphatic heterocycles. The molecule has 6 nitrogen and oxygen atoms in total. The Morgan fingerprint density at radius 3 is 1.19 bits per heavy atom. The number of carbonyl (C=O) groups is 2. The summed E-state index contributed by atoms with van der Waals surface area (Å²) in [5.74, 6) is 1.44. The second-order valence-electron chi connectivity index (χ2n) is 14.2. The standard InChI is InChI=1S/C42H62Br2N2O4S2/c1-5-9-13-17-19-21-25-45-37(33-29-31(39(43)51-33)49-27-23-15-11-7-3)35-36(41(45)47)38(46(42(35)48)26-22-20-18-14-10-6-2)34-30-32(40(44)52-34)50-28-24-16-12-8-4/h29-30H,5-28H2,1-4H3. The Hall–Kier alpha value is -1.62. The van der Waals surface area contributed by atoms with E-state index in [1.54, 1.807) is 22.7 Å². The Morgan fingerprint density at radius 1 is 0.500 bits per heavy atom. The SMILES string of the molecule is CCCCCCCCN1C(=O)C2=C(c3cc(OCCCCCC)c(Br)s3)N(CCCCCCCC)C(=O)C2=C1c1cc(OCCCCCC)c(Br)s1. The molecule has 0 aromatic carbocycles. The van der Waals surface area contributed by atoms with Gasteiger partial charge in [-0.05, 0) is 57.5 Å². The van der Waals surface area contributed by atoms with Crippen LogP contribution in [0.2, 0.25) is 0 Å². The molecule has 4 rings (SSSR count). The first-order valence-corrected chi connectivity index (χ1v) is 23.6. The molecule has 4 heterocycles. The summed E-state index contributed by atoms with van der Waals surface area (Å²) in [5.41, 5.74) is 2.59.